The fraction of sp³-hybridized carbons (Fsp3) is 0.385. The third-order valence-electron chi connectivity index (χ3n) is 2.71. The summed E-state index contributed by atoms with van der Waals surface area (Å²) in [6, 6.07) is 5.67. The Morgan fingerprint density at radius 3 is 2.59 bits per heavy atom. The van der Waals surface area contributed by atoms with Crippen molar-refractivity contribution in [3.63, 3.8) is 0 Å². The highest BCUT2D eigenvalue weighted by Crippen LogP contribution is 2.20. The maximum atomic E-state index is 11.2. The Kier molecular flexibility index (Phi) is 4.68. The zero-order chi connectivity index (χ0) is 12.8. The van der Waals surface area contributed by atoms with Crippen LogP contribution in [0.4, 0.5) is 0 Å². The van der Waals surface area contributed by atoms with Gasteiger partial charge in [0.1, 0.15) is 0 Å². The molecule has 0 aliphatic heterocycles. The fourth-order valence-corrected chi connectivity index (χ4v) is 1.75. The van der Waals surface area contributed by atoms with Crippen molar-refractivity contribution in [3.05, 3.63) is 34.4 Å². The maximum Gasteiger partial charge on any atom is 0.309 e. The Labute approximate surface area is 100 Å². The second kappa shape index (κ2) is 6.02. The van der Waals surface area contributed by atoms with Gasteiger partial charge in [-0.1, -0.05) is 19.1 Å². The van der Waals surface area contributed by atoms with Gasteiger partial charge in [0.05, 0.1) is 31.8 Å². The number of nitriles is 1. The number of aryl methyl sites for hydroxylation is 1. The molecule has 4 heteroatoms. The number of aliphatic hydroxyl groups is 1. The standard InChI is InChI=1S/C13H15NO3/c1-3-9-4-5-10(6-13(16)17-2)12(8-15)11(9)7-14/h4-5,15H,3,6,8H2,1-2H3. The summed E-state index contributed by atoms with van der Waals surface area (Å²) >= 11 is 0. The van der Waals surface area contributed by atoms with Crippen LogP contribution in [-0.4, -0.2) is 18.2 Å². The highest BCUT2D eigenvalue weighted by Gasteiger charge is 2.14. The molecule has 0 unspecified atom stereocenters. The molecule has 0 atom stereocenters. The van der Waals surface area contributed by atoms with Crippen LogP contribution in [0.2, 0.25) is 0 Å². The van der Waals surface area contributed by atoms with Crippen molar-refractivity contribution in [2.45, 2.75) is 26.4 Å². The number of benzene rings is 1. The summed E-state index contributed by atoms with van der Waals surface area (Å²) < 4.78 is 4.58. The first-order valence-electron chi connectivity index (χ1n) is 5.39. The number of nitrogens with zero attached hydrogens (tertiary/aromatic N) is 1. The Morgan fingerprint density at radius 2 is 2.12 bits per heavy atom. The largest absolute Gasteiger partial charge is 0.469 e. The minimum Gasteiger partial charge on any atom is -0.469 e. The van der Waals surface area contributed by atoms with Crippen LogP contribution in [0.5, 0.6) is 0 Å². The van der Waals surface area contributed by atoms with Crippen LogP contribution in [-0.2, 0) is 29.0 Å². The van der Waals surface area contributed by atoms with Gasteiger partial charge in [0.2, 0.25) is 0 Å². The maximum absolute atomic E-state index is 11.2. The third kappa shape index (κ3) is 2.83. The highest BCUT2D eigenvalue weighted by molar-refractivity contribution is 5.73. The number of carbonyl (C=O) groups is 1. The zero-order valence-electron chi connectivity index (χ0n) is 9.99. The summed E-state index contributed by atoms with van der Waals surface area (Å²) in [7, 11) is 1.31. The van der Waals surface area contributed by atoms with Crippen LogP contribution in [0.15, 0.2) is 12.1 Å². The molecule has 0 bridgehead atoms. The van der Waals surface area contributed by atoms with Crippen molar-refractivity contribution in [2.24, 2.45) is 0 Å². The number of hydrogen-bond acceptors (Lipinski definition) is 4. The molecule has 90 valence electrons. The molecule has 1 aromatic rings. The van der Waals surface area contributed by atoms with E-state index < -0.39 is 0 Å². The van der Waals surface area contributed by atoms with E-state index in [1.807, 2.05) is 13.0 Å². The average molecular weight is 233 g/mol. The van der Waals surface area contributed by atoms with Gasteiger partial charge in [-0.25, -0.2) is 0 Å². The number of carbonyl (C=O) groups excluding carboxylic acids is 1. The molecule has 0 radical (unpaired) electrons. The van der Waals surface area contributed by atoms with E-state index in [4.69, 9.17) is 5.26 Å². The van der Waals surface area contributed by atoms with Crippen LogP contribution in [0.25, 0.3) is 0 Å². The minimum atomic E-state index is -0.382. The third-order valence-corrected chi connectivity index (χ3v) is 2.71. The van der Waals surface area contributed by atoms with E-state index in [-0.39, 0.29) is 19.0 Å². The second-order valence-corrected chi connectivity index (χ2v) is 3.61. The molecular formula is C13H15NO3. The lowest BCUT2D eigenvalue weighted by atomic mass is 9.94. The summed E-state index contributed by atoms with van der Waals surface area (Å²) in [6.45, 7) is 1.69. The molecule has 0 aliphatic rings. The smallest absolute Gasteiger partial charge is 0.309 e. The summed E-state index contributed by atoms with van der Waals surface area (Å²) in [5, 5.41) is 18.4. The van der Waals surface area contributed by atoms with Gasteiger partial charge in [-0.2, -0.15) is 5.26 Å². The summed E-state index contributed by atoms with van der Waals surface area (Å²) in [6.07, 6.45) is 0.791. The Bertz CT molecular complexity index is 460. The van der Waals surface area contributed by atoms with Gasteiger partial charge in [0, 0.05) is 0 Å². The Balaban J connectivity index is 3.24. The fourth-order valence-electron chi connectivity index (χ4n) is 1.75. The van der Waals surface area contributed by atoms with Gasteiger partial charge >= 0.3 is 5.97 Å². The molecule has 0 aromatic heterocycles. The van der Waals surface area contributed by atoms with E-state index in [0.29, 0.717) is 23.1 Å². The Morgan fingerprint density at radius 1 is 1.47 bits per heavy atom. The average Bonchev–Trinajstić information content (AvgIpc) is 2.37. The molecule has 0 saturated heterocycles. The van der Waals surface area contributed by atoms with Crippen molar-refractivity contribution in [1.29, 1.82) is 5.26 Å². The highest BCUT2D eigenvalue weighted by atomic mass is 16.5. The SMILES string of the molecule is CCc1ccc(CC(=O)OC)c(CO)c1C#N. The van der Waals surface area contributed by atoms with E-state index in [1.165, 1.54) is 7.11 Å². The number of hydrogen-bond donors (Lipinski definition) is 1. The monoisotopic (exact) mass is 233 g/mol. The lowest BCUT2D eigenvalue weighted by Crippen LogP contribution is -2.09. The van der Waals surface area contributed by atoms with Crippen molar-refractivity contribution in [3.8, 4) is 6.07 Å². The molecule has 0 fully saturated rings. The lowest BCUT2D eigenvalue weighted by Gasteiger charge is -2.11. The molecule has 1 aromatic carbocycles. The van der Waals surface area contributed by atoms with E-state index in [1.54, 1.807) is 6.07 Å². The van der Waals surface area contributed by atoms with Gasteiger partial charge < -0.3 is 9.84 Å². The normalized spacial score (nSPS) is 9.76. The van der Waals surface area contributed by atoms with Gasteiger partial charge in [-0.05, 0) is 23.1 Å². The van der Waals surface area contributed by atoms with Crippen LogP contribution < -0.4 is 0 Å². The van der Waals surface area contributed by atoms with Crippen LogP contribution in [0.1, 0.15) is 29.2 Å². The van der Waals surface area contributed by atoms with Crippen molar-refractivity contribution < 1.29 is 14.6 Å². The number of esters is 1. The topological polar surface area (TPSA) is 70.3 Å². The van der Waals surface area contributed by atoms with Crippen molar-refractivity contribution >= 4 is 5.97 Å². The van der Waals surface area contributed by atoms with Crippen LogP contribution in [0, 0.1) is 11.3 Å². The van der Waals surface area contributed by atoms with Gasteiger partial charge in [0.15, 0.2) is 0 Å². The quantitative estimate of drug-likeness (QED) is 0.796. The number of aliphatic hydroxyl groups excluding tert-OH is 1. The van der Waals surface area contributed by atoms with E-state index in [9.17, 15) is 9.90 Å². The molecular weight excluding hydrogens is 218 g/mol. The van der Waals surface area contributed by atoms with Gasteiger partial charge in [-0.3, -0.25) is 4.79 Å². The van der Waals surface area contributed by atoms with E-state index >= 15 is 0 Å². The molecule has 1 rings (SSSR count). The minimum absolute atomic E-state index is 0.0745. The first-order chi connectivity index (χ1) is 8.17. The van der Waals surface area contributed by atoms with E-state index in [0.717, 1.165) is 5.56 Å². The molecule has 0 heterocycles. The molecule has 0 aliphatic carbocycles. The molecule has 0 spiro atoms. The van der Waals surface area contributed by atoms with Gasteiger partial charge in [0.25, 0.3) is 0 Å². The van der Waals surface area contributed by atoms with Crippen LogP contribution in [0.3, 0.4) is 0 Å². The van der Waals surface area contributed by atoms with Crippen molar-refractivity contribution in [1.82, 2.24) is 0 Å². The number of rotatable bonds is 4. The van der Waals surface area contributed by atoms with Crippen molar-refractivity contribution in [2.75, 3.05) is 7.11 Å². The molecule has 4 nitrogen and oxygen atoms in total. The second-order valence-electron chi connectivity index (χ2n) is 3.61. The first-order valence-corrected chi connectivity index (χ1v) is 5.39. The molecule has 0 amide bonds. The summed E-state index contributed by atoms with van der Waals surface area (Å²) in [4.78, 5) is 11.2. The molecule has 1 N–H and O–H groups in total. The summed E-state index contributed by atoms with van der Waals surface area (Å²) in [5.41, 5.74) is 2.52. The lowest BCUT2D eigenvalue weighted by molar-refractivity contribution is -0.139. The number of methoxy groups -OCH3 is 1. The molecule has 0 saturated carbocycles. The Hall–Kier alpha value is -1.86. The predicted octanol–water partition coefficient (Wildman–Crippen LogP) is 1.33. The summed E-state index contributed by atoms with van der Waals surface area (Å²) in [5.74, 6) is -0.382. The zero-order valence-corrected chi connectivity index (χ0v) is 9.99. The predicted molar refractivity (Wildman–Crippen MR) is 62.2 cm³/mol. The van der Waals surface area contributed by atoms with E-state index in [2.05, 4.69) is 10.8 Å². The van der Waals surface area contributed by atoms with Crippen LogP contribution >= 0.6 is 0 Å². The molecule has 17 heavy (non-hydrogen) atoms. The number of ether oxygens (including phenoxy) is 1. The first kappa shape index (κ1) is 13.2. The van der Waals surface area contributed by atoms with Gasteiger partial charge in [-0.15, -0.1) is 0 Å².